The minimum atomic E-state index is 0.642. The summed E-state index contributed by atoms with van der Waals surface area (Å²) in [6, 6.07) is 8.96. The molecule has 0 radical (unpaired) electrons. The molecule has 0 aromatic heterocycles. The monoisotopic (exact) mass is 210 g/mol. The molecule has 0 saturated carbocycles. The number of hydrogen-bond donors (Lipinski definition) is 0. The Balaban J connectivity index is 2.16. The molecule has 2 bridgehead atoms. The molecule has 0 spiro atoms. The molecule has 82 valence electrons. The zero-order valence-corrected chi connectivity index (χ0v) is 9.71. The van der Waals surface area contributed by atoms with Crippen LogP contribution in [0.5, 0.6) is 0 Å². The molecular weight excluding hydrogens is 192 g/mol. The van der Waals surface area contributed by atoms with Crippen molar-refractivity contribution in [3.05, 3.63) is 59.7 Å². The molecule has 2 aliphatic carbocycles. The van der Waals surface area contributed by atoms with E-state index in [2.05, 4.69) is 37.4 Å². The van der Waals surface area contributed by atoms with Crippen molar-refractivity contribution in [1.29, 1.82) is 0 Å². The van der Waals surface area contributed by atoms with Crippen LogP contribution >= 0.6 is 0 Å². The molecule has 0 amide bonds. The highest BCUT2D eigenvalue weighted by molar-refractivity contribution is 5.40. The fraction of sp³-hybridized carbons (Fsp3) is 0.375. The van der Waals surface area contributed by atoms with Crippen molar-refractivity contribution in [2.75, 3.05) is 0 Å². The molecule has 0 fully saturated rings. The predicted octanol–water partition coefficient (Wildman–Crippen LogP) is 4.55. The molecule has 0 N–H and O–H groups in total. The molecule has 0 atom stereocenters. The molecule has 0 heteroatoms. The van der Waals surface area contributed by atoms with Gasteiger partial charge in [-0.2, -0.15) is 0 Å². The van der Waals surface area contributed by atoms with Crippen molar-refractivity contribution in [3.63, 3.8) is 0 Å². The van der Waals surface area contributed by atoms with Crippen LogP contribution in [0.25, 0.3) is 0 Å². The summed E-state index contributed by atoms with van der Waals surface area (Å²) >= 11 is 0. The molecule has 0 aliphatic heterocycles. The van der Waals surface area contributed by atoms with Crippen LogP contribution < -0.4 is 0 Å². The van der Waals surface area contributed by atoms with Crippen molar-refractivity contribution in [3.8, 4) is 0 Å². The summed E-state index contributed by atoms with van der Waals surface area (Å²) in [6.07, 6.45) is 4.64. The average Bonchev–Trinajstić information content (AvgIpc) is 2.44. The molecule has 0 heterocycles. The fourth-order valence-electron chi connectivity index (χ4n) is 3.40. The van der Waals surface area contributed by atoms with E-state index in [1.54, 1.807) is 11.1 Å². The third-order valence-corrected chi connectivity index (χ3v) is 4.02. The van der Waals surface area contributed by atoms with Crippen LogP contribution in [0.4, 0.5) is 0 Å². The van der Waals surface area contributed by atoms with E-state index in [-0.39, 0.29) is 0 Å². The van der Waals surface area contributed by atoms with Gasteiger partial charge in [0.05, 0.1) is 0 Å². The van der Waals surface area contributed by atoms with Crippen molar-refractivity contribution >= 4 is 0 Å². The lowest BCUT2D eigenvalue weighted by atomic mass is 9.85. The second-order valence-electron chi connectivity index (χ2n) is 5.34. The fourth-order valence-corrected chi connectivity index (χ4v) is 3.40. The first-order valence-corrected chi connectivity index (χ1v) is 6.16. The first-order valence-electron chi connectivity index (χ1n) is 6.16. The number of rotatable bonds is 0. The van der Waals surface area contributed by atoms with Crippen molar-refractivity contribution in [2.45, 2.75) is 37.5 Å². The van der Waals surface area contributed by atoms with Gasteiger partial charge in [-0.05, 0) is 48.6 Å². The maximum absolute atomic E-state index is 4.24. The molecule has 0 saturated heterocycles. The van der Waals surface area contributed by atoms with E-state index in [1.807, 2.05) is 0 Å². The summed E-state index contributed by atoms with van der Waals surface area (Å²) in [7, 11) is 0. The lowest BCUT2D eigenvalue weighted by Crippen LogP contribution is -2.02. The molecule has 2 aliphatic rings. The summed E-state index contributed by atoms with van der Waals surface area (Å²) in [5.41, 5.74) is 5.98. The van der Waals surface area contributed by atoms with Gasteiger partial charge >= 0.3 is 0 Å². The van der Waals surface area contributed by atoms with Gasteiger partial charge in [0.25, 0.3) is 0 Å². The van der Waals surface area contributed by atoms with Crippen molar-refractivity contribution in [1.82, 2.24) is 0 Å². The number of hydrogen-bond acceptors (Lipinski definition) is 0. The molecule has 0 nitrogen and oxygen atoms in total. The molecule has 1 aromatic rings. The molecular formula is C16H18. The van der Waals surface area contributed by atoms with E-state index >= 15 is 0 Å². The second kappa shape index (κ2) is 3.62. The summed E-state index contributed by atoms with van der Waals surface area (Å²) < 4.78 is 0. The Morgan fingerprint density at radius 2 is 1.12 bits per heavy atom. The smallest absolute Gasteiger partial charge is 0.00849 e. The Bertz CT molecular complexity index is 394. The molecule has 1 aromatic carbocycles. The minimum Gasteiger partial charge on any atom is -0.0998 e. The predicted molar refractivity (Wildman–Crippen MR) is 68.7 cm³/mol. The summed E-state index contributed by atoms with van der Waals surface area (Å²) in [5.74, 6) is 1.28. The highest BCUT2D eigenvalue weighted by Gasteiger charge is 2.30. The van der Waals surface area contributed by atoms with Crippen LogP contribution in [0.1, 0.15) is 48.6 Å². The first kappa shape index (κ1) is 9.89. The molecule has 3 rings (SSSR count). The quantitative estimate of drug-likeness (QED) is 0.551. The van der Waals surface area contributed by atoms with Crippen molar-refractivity contribution in [2.24, 2.45) is 0 Å². The van der Waals surface area contributed by atoms with E-state index in [0.717, 1.165) is 25.7 Å². The average molecular weight is 210 g/mol. The Labute approximate surface area is 97.7 Å². The summed E-state index contributed by atoms with van der Waals surface area (Å²) in [6.45, 7) is 8.47. The Hall–Kier alpha value is -1.30. The topological polar surface area (TPSA) is 0 Å². The lowest BCUT2D eigenvalue weighted by Gasteiger charge is -2.19. The van der Waals surface area contributed by atoms with Gasteiger partial charge < -0.3 is 0 Å². The maximum atomic E-state index is 4.24. The van der Waals surface area contributed by atoms with Gasteiger partial charge in [0.1, 0.15) is 0 Å². The number of benzene rings is 1. The van der Waals surface area contributed by atoms with Crippen LogP contribution in [0.2, 0.25) is 0 Å². The summed E-state index contributed by atoms with van der Waals surface area (Å²) in [4.78, 5) is 0. The Morgan fingerprint density at radius 3 is 1.50 bits per heavy atom. The van der Waals surface area contributed by atoms with Gasteiger partial charge in [-0.3, -0.25) is 0 Å². The highest BCUT2D eigenvalue weighted by Crippen LogP contribution is 2.47. The third kappa shape index (κ3) is 1.53. The van der Waals surface area contributed by atoms with Crippen LogP contribution in [-0.2, 0) is 0 Å². The van der Waals surface area contributed by atoms with Gasteiger partial charge in [-0.15, -0.1) is 0 Å². The minimum absolute atomic E-state index is 0.642. The largest absolute Gasteiger partial charge is 0.0998 e. The van der Waals surface area contributed by atoms with Gasteiger partial charge in [0.2, 0.25) is 0 Å². The standard InChI is InChI=1S/C16H18/c1-11-7-13-9-12(2)10-14(8-11)16-6-4-3-5-15(13)16/h3-6,13-14H,1-2,7-10H2. The van der Waals surface area contributed by atoms with Crippen LogP contribution in [0, 0.1) is 0 Å². The van der Waals surface area contributed by atoms with Crippen LogP contribution in [0.15, 0.2) is 48.6 Å². The van der Waals surface area contributed by atoms with Gasteiger partial charge in [-0.1, -0.05) is 48.6 Å². The third-order valence-electron chi connectivity index (χ3n) is 4.02. The summed E-state index contributed by atoms with van der Waals surface area (Å²) in [5, 5.41) is 0. The Kier molecular flexibility index (Phi) is 2.24. The van der Waals surface area contributed by atoms with E-state index in [1.165, 1.54) is 11.1 Å². The number of allylic oxidation sites excluding steroid dienone is 2. The maximum Gasteiger partial charge on any atom is -0.00849 e. The van der Waals surface area contributed by atoms with Gasteiger partial charge in [0, 0.05) is 0 Å². The molecule has 0 unspecified atom stereocenters. The van der Waals surface area contributed by atoms with E-state index < -0.39 is 0 Å². The van der Waals surface area contributed by atoms with Crippen LogP contribution in [0.3, 0.4) is 0 Å². The zero-order chi connectivity index (χ0) is 11.1. The van der Waals surface area contributed by atoms with Crippen molar-refractivity contribution < 1.29 is 0 Å². The van der Waals surface area contributed by atoms with Gasteiger partial charge in [0.15, 0.2) is 0 Å². The second-order valence-corrected chi connectivity index (χ2v) is 5.34. The first-order chi connectivity index (χ1) is 7.74. The van der Waals surface area contributed by atoms with E-state index in [9.17, 15) is 0 Å². The zero-order valence-electron chi connectivity index (χ0n) is 9.71. The van der Waals surface area contributed by atoms with Crippen LogP contribution in [-0.4, -0.2) is 0 Å². The SMILES string of the molecule is C=C1CC2CC(=C)CC(C1)c1ccccc12. The lowest BCUT2D eigenvalue weighted by molar-refractivity contribution is 0.598. The Morgan fingerprint density at radius 1 is 0.750 bits per heavy atom. The van der Waals surface area contributed by atoms with Gasteiger partial charge in [-0.25, -0.2) is 0 Å². The highest BCUT2D eigenvalue weighted by atomic mass is 14.3. The normalized spacial score (nSPS) is 28.5. The molecule has 16 heavy (non-hydrogen) atoms. The van der Waals surface area contributed by atoms with E-state index in [4.69, 9.17) is 0 Å². The van der Waals surface area contributed by atoms with E-state index in [0.29, 0.717) is 11.8 Å².